The second-order valence-electron chi connectivity index (χ2n) is 6.80. The number of carbonyl (C=O) groups is 2. The van der Waals surface area contributed by atoms with Crippen LogP contribution in [0.4, 0.5) is 0 Å². The average molecular weight is 408 g/mol. The van der Waals surface area contributed by atoms with Gasteiger partial charge in [0, 0.05) is 12.1 Å². The zero-order valence-electron chi connectivity index (χ0n) is 16.9. The first-order valence-electron chi connectivity index (χ1n) is 9.57. The molecule has 0 bridgehead atoms. The Hall–Kier alpha value is -3.68. The number of ether oxygens (including phenoxy) is 2. The van der Waals surface area contributed by atoms with Gasteiger partial charge in [-0.1, -0.05) is 30.3 Å². The molecule has 1 atom stereocenters. The van der Waals surface area contributed by atoms with Gasteiger partial charge in [0.2, 0.25) is 11.8 Å². The molecule has 2 amide bonds. The fourth-order valence-electron chi connectivity index (χ4n) is 2.96. The summed E-state index contributed by atoms with van der Waals surface area (Å²) in [5.41, 5.74) is 7.37. The van der Waals surface area contributed by atoms with Gasteiger partial charge in [0.25, 0.3) is 0 Å². The van der Waals surface area contributed by atoms with Gasteiger partial charge in [-0.2, -0.15) is 10.2 Å². The van der Waals surface area contributed by atoms with E-state index >= 15 is 0 Å². The molecule has 0 saturated heterocycles. The fourth-order valence-corrected chi connectivity index (χ4v) is 2.96. The minimum absolute atomic E-state index is 0.176. The number of hydrogen-bond donors (Lipinski definition) is 2. The first-order valence-corrected chi connectivity index (χ1v) is 9.57. The van der Waals surface area contributed by atoms with Gasteiger partial charge in [0.15, 0.2) is 11.5 Å². The average Bonchev–Trinajstić information content (AvgIpc) is 3.09. The molecule has 0 radical (unpaired) electrons. The summed E-state index contributed by atoms with van der Waals surface area (Å²) < 4.78 is 11.2. The molecule has 0 saturated carbocycles. The summed E-state index contributed by atoms with van der Waals surface area (Å²) in [4.78, 5) is 23.6. The van der Waals surface area contributed by atoms with Crippen LogP contribution in [0.1, 0.15) is 30.9 Å². The molecular formula is C22H24N4O4. The molecule has 2 N–H and O–H groups in total. The smallest absolute Gasteiger partial charge is 0.248 e. The maximum Gasteiger partial charge on any atom is 0.248 e. The third-order valence-electron chi connectivity index (χ3n) is 4.65. The highest BCUT2D eigenvalue weighted by atomic mass is 16.5. The van der Waals surface area contributed by atoms with Crippen LogP contribution in [-0.4, -0.2) is 30.9 Å². The van der Waals surface area contributed by atoms with Gasteiger partial charge in [-0.05, 0) is 42.7 Å². The van der Waals surface area contributed by atoms with E-state index in [9.17, 15) is 9.59 Å². The molecule has 2 aromatic carbocycles. The highest BCUT2D eigenvalue weighted by Gasteiger charge is 2.26. The van der Waals surface area contributed by atoms with E-state index in [1.54, 1.807) is 26.2 Å². The number of hydrogen-bond acceptors (Lipinski definition) is 6. The van der Waals surface area contributed by atoms with Crippen LogP contribution in [0.3, 0.4) is 0 Å². The molecule has 1 heterocycles. The van der Waals surface area contributed by atoms with Crippen molar-refractivity contribution in [2.24, 2.45) is 16.1 Å². The van der Waals surface area contributed by atoms with E-state index in [-0.39, 0.29) is 24.2 Å². The van der Waals surface area contributed by atoms with Crippen molar-refractivity contribution in [1.82, 2.24) is 10.9 Å². The fraction of sp³-hybridized carbons (Fsp3) is 0.273. The van der Waals surface area contributed by atoms with Crippen LogP contribution in [0.15, 0.2) is 58.7 Å². The summed E-state index contributed by atoms with van der Waals surface area (Å²) >= 11 is 0. The molecule has 8 nitrogen and oxygen atoms in total. The van der Waals surface area contributed by atoms with E-state index in [1.807, 2.05) is 36.4 Å². The lowest BCUT2D eigenvalue weighted by atomic mass is 9.99. The third kappa shape index (κ3) is 5.66. The van der Waals surface area contributed by atoms with Crippen LogP contribution in [0, 0.1) is 5.92 Å². The van der Waals surface area contributed by atoms with E-state index in [4.69, 9.17) is 9.47 Å². The zero-order chi connectivity index (χ0) is 21.3. The van der Waals surface area contributed by atoms with E-state index in [0.717, 1.165) is 11.1 Å². The number of nitrogens with zero attached hydrogens (tertiary/aromatic N) is 2. The van der Waals surface area contributed by atoms with Crippen molar-refractivity contribution in [3.05, 3.63) is 59.7 Å². The largest absolute Gasteiger partial charge is 0.493 e. The highest BCUT2D eigenvalue weighted by Crippen LogP contribution is 2.28. The number of rotatable bonds is 9. The molecule has 0 unspecified atom stereocenters. The number of nitrogens with one attached hydrogen (secondary N) is 2. The molecular weight excluding hydrogens is 384 g/mol. The Morgan fingerprint density at radius 1 is 1.23 bits per heavy atom. The summed E-state index contributed by atoms with van der Waals surface area (Å²) in [6.45, 7) is 2.17. The molecule has 2 aromatic rings. The Labute approximate surface area is 175 Å². The van der Waals surface area contributed by atoms with Gasteiger partial charge in [0.1, 0.15) is 6.61 Å². The first-order chi connectivity index (χ1) is 14.6. The number of methoxy groups -OCH3 is 1. The lowest BCUT2D eigenvalue weighted by Gasteiger charge is -2.11. The number of benzene rings is 2. The van der Waals surface area contributed by atoms with Crippen molar-refractivity contribution in [3.8, 4) is 11.5 Å². The molecule has 0 spiro atoms. The van der Waals surface area contributed by atoms with Gasteiger partial charge >= 0.3 is 0 Å². The first kappa shape index (κ1) is 21.0. The lowest BCUT2D eigenvalue weighted by molar-refractivity contribution is -0.123. The molecule has 0 fully saturated rings. The monoisotopic (exact) mass is 408 g/mol. The van der Waals surface area contributed by atoms with Gasteiger partial charge < -0.3 is 9.47 Å². The molecule has 156 valence electrons. The lowest BCUT2D eigenvalue weighted by Crippen LogP contribution is -2.25. The van der Waals surface area contributed by atoms with Crippen molar-refractivity contribution >= 4 is 23.7 Å². The van der Waals surface area contributed by atoms with E-state index < -0.39 is 0 Å². The predicted octanol–water partition coefficient (Wildman–Crippen LogP) is 2.63. The van der Waals surface area contributed by atoms with E-state index in [1.165, 1.54) is 6.21 Å². The van der Waals surface area contributed by atoms with Crippen LogP contribution >= 0.6 is 0 Å². The van der Waals surface area contributed by atoms with E-state index in [0.29, 0.717) is 30.2 Å². The maximum absolute atomic E-state index is 12.0. The second-order valence-corrected chi connectivity index (χ2v) is 6.80. The maximum atomic E-state index is 12.0. The Morgan fingerprint density at radius 3 is 2.73 bits per heavy atom. The third-order valence-corrected chi connectivity index (χ3v) is 4.65. The SMILES string of the molecule is COc1ccc(/C=N/NC(=O)CC[C@H]2C(=O)NN=C2C)cc1OCc1ccccc1. The molecule has 1 aliphatic rings. The summed E-state index contributed by atoms with van der Waals surface area (Å²) in [6.07, 6.45) is 2.10. The topological polar surface area (TPSA) is 101 Å². The van der Waals surface area contributed by atoms with Crippen molar-refractivity contribution < 1.29 is 19.1 Å². The molecule has 30 heavy (non-hydrogen) atoms. The Bertz CT molecular complexity index is 957. The quantitative estimate of drug-likeness (QED) is 0.492. The standard InChI is InChI=1S/C22H24N4O4/c1-15-18(22(28)26-24-15)9-11-21(27)25-23-13-17-8-10-19(29-2)20(12-17)30-14-16-6-4-3-5-7-16/h3-8,10,12-13,18H,9,11,14H2,1-2H3,(H,25,27)(H,26,28)/b23-13+/t18-/m1/s1. The van der Waals surface area contributed by atoms with Crippen LogP contribution in [0.25, 0.3) is 0 Å². The Morgan fingerprint density at radius 2 is 2.03 bits per heavy atom. The molecule has 0 aliphatic carbocycles. The summed E-state index contributed by atoms with van der Waals surface area (Å²) in [5.74, 6) is 0.390. The molecule has 3 rings (SSSR count). The summed E-state index contributed by atoms with van der Waals surface area (Å²) in [5, 5.41) is 7.86. The Balaban J connectivity index is 1.53. The highest BCUT2D eigenvalue weighted by molar-refractivity contribution is 6.07. The van der Waals surface area contributed by atoms with Crippen LogP contribution in [-0.2, 0) is 16.2 Å². The van der Waals surface area contributed by atoms with Crippen molar-refractivity contribution in [3.63, 3.8) is 0 Å². The summed E-state index contributed by atoms with van der Waals surface area (Å²) in [7, 11) is 1.58. The number of carbonyl (C=O) groups excluding carboxylic acids is 2. The number of hydrazone groups is 2. The minimum Gasteiger partial charge on any atom is -0.493 e. The van der Waals surface area contributed by atoms with Gasteiger partial charge in [-0.15, -0.1) is 0 Å². The normalized spacial score (nSPS) is 15.6. The van der Waals surface area contributed by atoms with Crippen LogP contribution in [0.2, 0.25) is 0 Å². The van der Waals surface area contributed by atoms with Gasteiger partial charge in [-0.3, -0.25) is 9.59 Å². The Kier molecular flexibility index (Phi) is 7.15. The van der Waals surface area contributed by atoms with E-state index in [2.05, 4.69) is 21.1 Å². The summed E-state index contributed by atoms with van der Waals surface area (Å²) in [6, 6.07) is 15.2. The zero-order valence-corrected chi connectivity index (χ0v) is 16.9. The van der Waals surface area contributed by atoms with Crippen molar-refractivity contribution in [1.29, 1.82) is 0 Å². The molecule has 8 heteroatoms. The second kappa shape index (κ2) is 10.2. The molecule has 0 aromatic heterocycles. The number of amides is 2. The van der Waals surface area contributed by atoms with Crippen molar-refractivity contribution in [2.45, 2.75) is 26.4 Å². The van der Waals surface area contributed by atoms with Crippen LogP contribution in [0.5, 0.6) is 11.5 Å². The van der Waals surface area contributed by atoms with Crippen LogP contribution < -0.4 is 20.3 Å². The van der Waals surface area contributed by atoms with Crippen molar-refractivity contribution in [2.75, 3.05) is 7.11 Å². The van der Waals surface area contributed by atoms with Gasteiger partial charge in [-0.25, -0.2) is 10.9 Å². The minimum atomic E-state index is -0.356. The van der Waals surface area contributed by atoms with Gasteiger partial charge in [0.05, 0.1) is 19.2 Å². The predicted molar refractivity (Wildman–Crippen MR) is 113 cm³/mol. The molecule has 1 aliphatic heterocycles.